The second-order valence-electron chi connectivity index (χ2n) is 9.93. The number of fused-ring (bicyclic) bond motifs is 2. The van der Waals surface area contributed by atoms with E-state index in [-0.39, 0.29) is 6.61 Å². The molecule has 1 fully saturated rings. The van der Waals surface area contributed by atoms with Crippen LogP contribution in [0, 0.1) is 0 Å². The Balaban J connectivity index is 0.000000585. The summed E-state index contributed by atoms with van der Waals surface area (Å²) in [5.74, 6) is -2.09. The number of likely N-dealkylation sites (tertiary alicyclic amines) is 1. The van der Waals surface area contributed by atoms with Gasteiger partial charge in [0.2, 0.25) is 0 Å². The molecule has 11 nitrogen and oxygen atoms in total. The number of aromatic amines is 1. The predicted octanol–water partition coefficient (Wildman–Crippen LogP) is 3.65. The number of hydrogen-bond acceptors (Lipinski definition) is 8. The highest BCUT2D eigenvalue weighted by Gasteiger charge is 2.29. The van der Waals surface area contributed by atoms with Crippen LogP contribution in [0.25, 0.3) is 21.0 Å². The number of nitrogens with zero attached hydrogens (tertiary/aromatic N) is 1. The summed E-state index contributed by atoms with van der Waals surface area (Å²) >= 11 is 1.86. The van der Waals surface area contributed by atoms with Crippen LogP contribution < -0.4 is 15.2 Å². The molecule has 41 heavy (non-hydrogen) atoms. The van der Waals surface area contributed by atoms with Crippen LogP contribution in [0.4, 0.5) is 0 Å². The molecule has 2 aromatic carbocycles. The average Bonchev–Trinajstić information content (AvgIpc) is 3.58. The number of amides is 1. The Morgan fingerprint density at radius 1 is 1.10 bits per heavy atom. The number of aliphatic hydroxyl groups excluding tert-OH is 1. The van der Waals surface area contributed by atoms with Gasteiger partial charge in [0.1, 0.15) is 29.9 Å². The van der Waals surface area contributed by atoms with Gasteiger partial charge < -0.3 is 35.5 Å². The van der Waals surface area contributed by atoms with Crippen LogP contribution in [-0.2, 0) is 9.59 Å². The second kappa shape index (κ2) is 13.0. The van der Waals surface area contributed by atoms with E-state index in [1.807, 2.05) is 41.7 Å². The number of carboxylic acids is 2. The number of carbonyl (C=O) groups excluding carboxylic acids is 1. The minimum absolute atomic E-state index is 0.180. The van der Waals surface area contributed by atoms with E-state index in [0.717, 1.165) is 36.0 Å². The molecule has 1 amide bonds. The standard InChI is InChI=1S/C27H31N3O4S.C2H2O4/c1-16-11-17(26-13-20-23(33-2)6-4-8-25(20)35-26)9-10-30(16)14-18(31)15-34-24-7-3-5-21-19(24)12-22(29-21)27(28)32;3-1(4)2(5)6/h3-8,12-13,16-18,29,31H,9-11,14-15H2,1-2H3,(H2,28,32);(H,3,4)(H,5,6). The molecular weight excluding hydrogens is 550 g/mol. The Hall–Kier alpha value is -4.13. The lowest BCUT2D eigenvalue weighted by Gasteiger charge is -2.38. The number of carboxylic acid groups (broad SMARTS) is 2. The first-order valence-corrected chi connectivity index (χ1v) is 13.9. The number of nitrogens with one attached hydrogen (secondary N) is 1. The fourth-order valence-electron chi connectivity index (χ4n) is 5.08. The van der Waals surface area contributed by atoms with Crippen molar-refractivity contribution in [3.8, 4) is 11.5 Å². The van der Waals surface area contributed by atoms with E-state index in [9.17, 15) is 9.90 Å². The molecule has 3 atom stereocenters. The Morgan fingerprint density at radius 3 is 2.46 bits per heavy atom. The fraction of sp³-hybridized carbons (Fsp3) is 0.345. The number of aliphatic hydroxyl groups is 1. The summed E-state index contributed by atoms with van der Waals surface area (Å²) in [6.07, 6.45) is 1.50. The van der Waals surface area contributed by atoms with Gasteiger partial charge in [-0.25, -0.2) is 9.59 Å². The number of methoxy groups -OCH3 is 1. The number of primary amides is 1. The van der Waals surface area contributed by atoms with Crippen LogP contribution >= 0.6 is 11.3 Å². The number of aliphatic carboxylic acids is 2. The minimum Gasteiger partial charge on any atom is -0.496 e. The molecule has 1 saturated heterocycles. The molecular formula is C29H33N3O8S. The van der Waals surface area contributed by atoms with Crippen molar-refractivity contribution < 1.29 is 39.2 Å². The number of benzene rings is 2. The van der Waals surface area contributed by atoms with E-state index >= 15 is 0 Å². The lowest BCUT2D eigenvalue weighted by molar-refractivity contribution is -0.159. The van der Waals surface area contributed by atoms with Gasteiger partial charge in [-0.1, -0.05) is 12.1 Å². The number of piperidine rings is 1. The molecule has 0 radical (unpaired) electrons. The minimum atomic E-state index is -1.82. The van der Waals surface area contributed by atoms with Crippen molar-refractivity contribution in [1.82, 2.24) is 9.88 Å². The summed E-state index contributed by atoms with van der Waals surface area (Å²) < 4.78 is 12.7. The van der Waals surface area contributed by atoms with Gasteiger partial charge >= 0.3 is 11.9 Å². The first kappa shape index (κ1) is 29.8. The summed E-state index contributed by atoms with van der Waals surface area (Å²) in [6.45, 7) is 3.91. The average molecular weight is 584 g/mol. The van der Waals surface area contributed by atoms with Crippen molar-refractivity contribution in [1.29, 1.82) is 0 Å². The molecule has 0 aliphatic carbocycles. The number of β-amino-alcohol motifs (C(OH)–C–C–N with tert-alkyl or cyclic N) is 1. The number of nitrogens with two attached hydrogens (primary N) is 1. The normalized spacial score (nSPS) is 17.9. The van der Waals surface area contributed by atoms with Crippen LogP contribution in [0.2, 0.25) is 0 Å². The molecule has 5 rings (SSSR count). The zero-order chi connectivity index (χ0) is 29.7. The van der Waals surface area contributed by atoms with Crippen LogP contribution in [0.3, 0.4) is 0 Å². The Bertz CT molecular complexity index is 1540. The molecule has 12 heteroatoms. The van der Waals surface area contributed by atoms with Crippen LogP contribution in [0.5, 0.6) is 11.5 Å². The number of rotatable bonds is 8. The lowest BCUT2D eigenvalue weighted by Crippen LogP contribution is -2.45. The van der Waals surface area contributed by atoms with Crippen LogP contribution in [0.15, 0.2) is 48.5 Å². The molecule has 2 aromatic heterocycles. The van der Waals surface area contributed by atoms with Crippen LogP contribution in [0.1, 0.15) is 41.0 Å². The molecule has 218 valence electrons. The van der Waals surface area contributed by atoms with E-state index in [1.54, 1.807) is 13.2 Å². The highest BCUT2D eigenvalue weighted by molar-refractivity contribution is 7.19. The summed E-state index contributed by atoms with van der Waals surface area (Å²) in [7, 11) is 1.72. The van der Waals surface area contributed by atoms with E-state index < -0.39 is 23.9 Å². The highest BCUT2D eigenvalue weighted by atomic mass is 32.1. The molecule has 6 N–H and O–H groups in total. The third-order valence-electron chi connectivity index (χ3n) is 7.13. The topological polar surface area (TPSA) is 175 Å². The molecule has 3 heterocycles. The third-order valence-corrected chi connectivity index (χ3v) is 8.39. The summed E-state index contributed by atoms with van der Waals surface area (Å²) in [4.78, 5) is 36.4. The number of aromatic nitrogens is 1. The van der Waals surface area contributed by atoms with Gasteiger partial charge in [-0.2, -0.15) is 0 Å². The number of thiophene rings is 1. The summed E-state index contributed by atoms with van der Waals surface area (Å²) in [5.41, 5.74) is 6.50. The van der Waals surface area contributed by atoms with Gasteiger partial charge in [0.25, 0.3) is 5.91 Å². The van der Waals surface area contributed by atoms with E-state index in [0.29, 0.717) is 29.9 Å². The Kier molecular flexibility index (Phi) is 9.48. The number of hydrogen-bond donors (Lipinski definition) is 5. The maximum Gasteiger partial charge on any atom is 0.414 e. The number of carbonyl (C=O) groups is 3. The molecule has 0 spiro atoms. The Labute approximate surface area is 240 Å². The maximum absolute atomic E-state index is 11.5. The first-order chi connectivity index (χ1) is 19.6. The van der Waals surface area contributed by atoms with Gasteiger partial charge in [0.05, 0.1) is 7.11 Å². The van der Waals surface area contributed by atoms with Crippen molar-refractivity contribution in [2.24, 2.45) is 5.73 Å². The van der Waals surface area contributed by atoms with Crippen LogP contribution in [-0.4, -0.2) is 82.0 Å². The van der Waals surface area contributed by atoms with Gasteiger partial charge in [-0.15, -0.1) is 11.3 Å². The smallest absolute Gasteiger partial charge is 0.414 e. The Morgan fingerprint density at radius 2 is 1.80 bits per heavy atom. The number of H-pyrrole nitrogens is 1. The quantitative estimate of drug-likeness (QED) is 0.194. The van der Waals surface area contributed by atoms with E-state index in [4.69, 9.17) is 35.0 Å². The van der Waals surface area contributed by atoms with Gasteiger partial charge in [0.15, 0.2) is 0 Å². The SMILES string of the molecule is COc1cccc2sc(C3CCN(CC(O)COc4cccc5[nH]c(C(N)=O)cc45)C(C)C3)cc12.O=C(O)C(=O)O. The molecule has 0 bridgehead atoms. The lowest BCUT2D eigenvalue weighted by atomic mass is 9.90. The summed E-state index contributed by atoms with van der Waals surface area (Å²) in [5, 5.41) is 27.5. The van der Waals surface area contributed by atoms with E-state index in [1.165, 1.54) is 15.0 Å². The fourth-order valence-corrected chi connectivity index (χ4v) is 6.31. The first-order valence-electron chi connectivity index (χ1n) is 13.1. The molecule has 1 aliphatic heterocycles. The van der Waals surface area contributed by atoms with Crippen molar-refractivity contribution in [2.45, 2.75) is 37.8 Å². The maximum atomic E-state index is 11.5. The monoisotopic (exact) mass is 583 g/mol. The molecule has 3 unspecified atom stereocenters. The zero-order valence-corrected chi connectivity index (χ0v) is 23.5. The van der Waals surface area contributed by atoms with E-state index in [2.05, 4.69) is 28.9 Å². The highest BCUT2D eigenvalue weighted by Crippen LogP contribution is 2.40. The summed E-state index contributed by atoms with van der Waals surface area (Å²) in [6, 6.07) is 16.1. The second-order valence-corrected chi connectivity index (χ2v) is 11.0. The van der Waals surface area contributed by atoms with Crippen molar-refractivity contribution in [3.63, 3.8) is 0 Å². The molecule has 1 aliphatic rings. The van der Waals surface area contributed by atoms with Crippen molar-refractivity contribution in [2.75, 3.05) is 26.8 Å². The van der Waals surface area contributed by atoms with Gasteiger partial charge in [-0.05, 0) is 68.6 Å². The van der Waals surface area contributed by atoms with Gasteiger partial charge in [0, 0.05) is 38.5 Å². The molecule has 0 saturated carbocycles. The van der Waals surface area contributed by atoms with Gasteiger partial charge in [-0.3, -0.25) is 9.69 Å². The largest absolute Gasteiger partial charge is 0.496 e. The van der Waals surface area contributed by atoms with Crippen molar-refractivity contribution in [3.05, 3.63) is 59.1 Å². The predicted molar refractivity (Wildman–Crippen MR) is 155 cm³/mol. The van der Waals surface area contributed by atoms with Crippen molar-refractivity contribution >= 4 is 50.2 Å². The molecule has 4 aromatic rings. The number of ether oxygens (including phenoxy) is 2. The zero-order valence-electron chi connectivity index (χ0n) is 22.7. The third kappa shape index (κ3) is 7.15.